The third kappa shape index (κ3) is 5.16. The first kappa shape index (κ1) is 15.4. The molecule has 0 saturated heterocycles. The highest BCUT2D eigenvalue weighted by molar-refractivity contribution is 6.30. The van der Waals surface area contributed by atoms with Crippen molar-refractivity contribution in [2.24, 2.45) is 12.0 Å². The molecular weight excluding hydrogens is 284 g/mol. The standard InChI is InChI=1S/C16H21ClN4/c1-18-16(20-11-14-8-10-21(2)12-14)19-9-7-13-3-5-15(17)6-4-13/h3-6,8,10,12H,7,9,11H2,1-2H3,(H2,18,19,20). The molecule has 0 unspecified atom stereocenters. The molecular formula is C16H21ClN4. The summed E-state index contributed by atoms with van der Waals surface area (Å²) in [6.07, 6.45) is 5.06. The monoisotopic (exact) mass is 304 g/mol. The van der Waals surface area contributed by atoms with Crippen LogP contribution in [-0.2, 0) is 20.0 Å². The molecule has 0 spiro atoms. The Hall–Kier alpha value is -1.94. The molecule has 0 radical (unpaired) electrons. The lowest BCUT2D eigenvalue weighted by Gasteiger charge is -2.11. The predicted octanol–water partition coefficient (Wildman–Crippen LogP) is 2.59. The van der Waals surface area contributed by atoms with Gasteiger partial charge in [0.1, 0.15) is 0 Å². The summed E-state index contributed by atoms with van der Waals surface area (Å²) in [7, 11) is 3.80. The molecule has 2 N–H and O–H groups in total. The van der Waals surface area contributed by atoms with E-state index >= 15 is 0 Å². The van der Waals surface area contributed by atoms with Crippen molar-refractivity contribution in [3.8, 4) is 0 Å². The van der Waals surface area contributed by atoms with Gasteiger partial charge in [-0.25, -0.2) is 0 Å². The number of guanidine groups is 1. The Morgan fingerprint density at radius 2 is 1.90 bits per heavy atom. The molecule has 0 atom stereocenters. The van der Waals surface area contributed by atoms with Crippen LogP contribution in [0.2, 0.25) is 5.02 Å². The van der Waals surface area contributed by atoms with E-state index in [0.717, 1.165) is 30.5 Å². The van der Waals surface area contributed by atoms with Crippen molar-refractivity contribution in [2.45, 2.75) is 13.0 Å². The molecule has 0 aliphatic carbocycles. The third-order valence-electron chi connectivity index (χ3n) is 3.20. The Labute approximate surface area is 130 Å². The van der Waals surface area contributed by atoms with Gasteiger partial charge in [0.05, 0.1) is 0 Å². The number of nitrogens with zero attached hydrogens (tertiary/aromatic N) is 2. The molecule has 1 aromatic carbocycles. The lowest BCUT2D eigenvalue weighted by atomic mass is 10.1. The summed E-state index contributed by atoms with van der Waals surface area (Å²) in [6, 6.07) is 10.0. The molecule has 0 aliphatic heterocycles. The molecule has 1 aromatic heterocycles. The highest BCUT2D eigenvalue weighted by atomic mass is 35.5. The van der Waals surface area contributed by atoms with Crippen molar-refractivity contribution < 1.29 is 0 Å². The van der Waals surface area contributed by atoms with E-state index in [9.17, 15) is 0 Å². The van der Waals surface area contributed by atoms with E-state index in [1.165, 1.54) is 11.1 Å². The summed E-state index contributed by atoms with van der Waals surface area (Å²) in [5.74, 6) is 0.813. The Morgan fingerprint density at radius 3 is 2.52 bits per heavy atom. The summed E-state index contributed by atoms with van der Waals surface area (Å²) in [5.41, 5.74) is 2.49. The number of benzene rings is 1. The van der Waals surface area contributed by atoms with Gasteiger partial charge in [0.15, 0.2) is 5.96 Å². The Bertz CT molecular complexity index is 587. The van der Waals surface area contributed by atoms with Crippen LogP contribution in [0.25, 0.3) is 0 Å². The average molecular weight is 305 g/mol. The van der Waals surface area contributed by atoms with E-state index in [1.807, 2.05) is 42.1 Å². The molecule has 2 aromatic rings. The quantitative estimate of drug-likeness (QED) is 0.658. The van der Waals surface area contributed by atoms with Crippen LogP contribution >= 0.6 is 11.6 Å². The molecule has 21 heavy (non-hydrogen) atoms. The van der Waals surface area contributed by atoms with Gasteiger partial charge in [0, 0.05) is 44.6 Å². The lowest BCUT2D eigenvalue weighted by Crippen LogP contribution is -2.37. The van der Waals surface area contributed by atoms with Gasteiger partial charge < -0.3 is 15.2 Å². The fourth-order valence-corrected chi connectivity index (χ4v) is 2.17. The summed E-state index contributed by atoms with van der Waals surface area (Å²) >= 11 is 5.87. The van der Waals surface area contributed by atoms with Crippen LogP contribution in [0.15, 0.2) is 47.7 Å². The van der Waals surface area contributed by atoms with Crippen molar-refractivity contribution in [3.63, 3.8) is 0 Å². The number of aliphatic imine (C=N–C) groups is 1. The minimum atomic E-state index is 0.765. The number of hydrogen-bond donors (Lipinski definition) is 2. The molecule has 2 rings (SSSR count). The van der Waals surface area contributed by atoms with Crippen LogP contribution in [0.4, 0.5) is 0 Å². The second-order valence-electron chi connectivity index (χ2n) is 4.91. The molecule has 112 valence electrons. The van der Waals surface area contributed by atoms with Gasteiger partial charge in [0.2, 0.25) is 0 Å². The first-order valence-electron chi connectivity index (χ1n) is 6.97. The molecule has 1 heterocycles. The number of rotatable bonds is 5. The number of nitrogens with one attached hydrogen (secondary N) is 2. The number of aromatic nitrogens is 1. The van der Waals surface area contributed by atoms with Crippen molar-refractivity contribution in [1.82, 2.24) is 15.2 Å². The zero-order valence-corrected chi connectivity index (χ0v) is 13.2. The molecule has 0 fully saturated rings. The van der Waals surface area contributed by atoms with Gasteiger partial charge >= 0.3 is 0 Å². The molecule has 5 heteroatoms. The number of hydrogen-bond acceptors (Lipinski definition) is 1. The highest BCUT2D eigenvalue weighted by Gasteiger charge is 1.99. The first-order valence-corrected chi connectivity index (χ1v) is 7.35. The van der Waals surface area contributed by atoms with Crippen molar-refractivity contribution in [1.29, 1.82) is 0 Å². The summed E-state index contributed by atoms with van der Waals surface area (Å²) in [4.78, 5) is 4.22. The Morgan fingerprint density at radius 1 is 1.14 bits per heavy atom. The normalized spacial score (nSPS) is 11.5. The lowest BCUT2D eigenvalue weighted by molar-refractivity contribution is 0.792. The van der Waals surface area contributed by atoms with Crippen LogP contribution in [0.1, 0.15) is 11.1 Å². The van der Waals surface area contributed by atoms with E-state index in [2.05, 4.69) is 27.9 Å². The van der Waals surface area contributed by atoms with Crippen LogP contribution in [0.5, 0.6) is 0 Å². The van der Waals surface area contributed by atoms with Crippen molar-refractivity contribution in [3.05, 3.63) is 58.9 Å². The predicted molar refractivity (Wildman–Crippen MR) is 88.8 cm³/mol. The van der Waals surface area contributed by atoms with Crippen LogP contribution in [0.3, 0.4) is 0 Å². The van der Waals surface area contributed by atoms with Crippen molar-refractivity contribution >= 4 is 17.6 Å². The summed E-state index contributed by atoms with van der Waals surface area (Å²) in [5, 5.41) is 7.38. The second-order valence-corrected chi connectivity index (χ2v) is 5.35. The fourth-order valence-electron chi connectivity index (χ4n) is 2.05. The average Bonchev–Trinajstić information content (AvgIpc) is 2.90. The maximum Gasteiger partial charge on any atom is 0.191 e. The van der Waals surface area contributed by atoms with E-state index in [4.69, 9.17) is 11.6 Å². The molecule has 4 nitrogen and oxygen atoms in total. The van der Waals surface area contributed by atoms with Crippen molar-refractivity contribution in [2.75, 3.05) is 13.6 Å². The maximum atomic E-state index is 5.87. The van der Waals surface area contributed by atoms with E-state index < -0.39 is 0 Å². The highest BCUT2D eigenvalue weighted by Crippen LogP contribution is 2.09. The molecule has 0 bridgehead atoms. The third-order valence-corrected chi connectivity index (χ3v) is 3.45. The van der Waals surface area contributed by atoms with E-state index in [-0.39, 0.29) is 0 Å². The zero-order chi connectivity index (χ0) is 15.1. The first-order chi connectivity index (χ1) is 10.2. The Balaban J connectivity index is 1.74. The second kappa shape index (κ2) is 7.74. The van der Waals surface area contributed by atoms with Gasteiger partial charge in [-0.05, 0) is 35.7 Å². The molecule has 0 amide bonds. The Kier molecular flexibility index (Phi) is 5.69. The van der Waals surface area contributed by atoms with Gasteiger partial charge in [-0.2, -0.15) is 0 Å². The van der Waals surface area contributed by atoms with Gasteiger partial charge in [-0.15, -0.1) is 0 Å². The fraction of sp³-hybridized carbons (Fsp3) is 0.312. The minimum absolute atomic E-state index is 0.765. The number of halogens is 1. The van der Waals surface area contributed by atoms with Crippen LogP contribution in [0, 0.1) is 0 Å². The summed E-state index contributed by atoms with van der Waals surface area (Å²) in [6.45, 7) is 1.59. The van der Waals surface area contributed by atoms with E-state index in [1.54, 1.807) is 7.05 Å². The minimum Gasteiger partial charge on any atom is -0.357 e. The largest absolute Gasteiger partial charge is 0.357 e. The molecule has 0 saturated carbocycles. The zero-order valence-electron chi connectivity index (χ0n) is 12.4. The summed E-state index contributed by atoms with van der Waals surface area (Å²) < 4.78 is 2.04. The van der Waals surface area contributed by atoms with Crippen LogP contribution < -0.4 is 10.6 Å². The van der Waals surface area contributed by atoms with E-state index in [0.29, 0.717) is 0 Å². The topological polar surface area (TPSA) is 41.4 Å². The van der Waals surface area contributed by atoms with Crippen LogP contribution in [-0.4, -0.2) is 24.1 Å². The van der Waals surface area contributed by atoms with Gasteiger partial charge in [0.25, 0.3) is 0 Å². The maximum absolute atomic E-state index is 5.87. The smallest absolute Gasteiger partial charge is 0.191 e. The SMILES string of the molecule is CN=C(NCCc1ccc(Cl)cc1)NCc1ccn(C)c1. The van der Waals surface area contributed by atoms with Gasteiger partial charge in [-0.3, -0.25) is 4.99 Å². The molecule has 0 aliphatic rings. The number of aryl methyl sites for hydroxylation is 1. The van der Waals surface area contributed by atoms with Gasteiger partial charge in [-0.1, -0.05) is 23.7 Å².